The summed E-state index contributed by atoms with van der Waals surface area (Å²) in [6, 6.07) is 17.6. The number of aromatic nitrogens is 2. The van der Waals surface area contributed by atoms with E-state index in [-0.39, 0.29) is 18.0 Å². The van der Waals surface area contributed by atoms with Gasteiger partial charge in [-0.15, -0.1) is 12.4 Å². The number of nitrogens with one attached hydrogen (secondary N) is 1. The second kappa shape index (κ2) is 6.41. The highest BCUT2D eigenvalue weighted by Gasteiger charge is 2.08. The fraction of sp³-hybridized carbons (Fsp3) is 0.125. The van der Waals surface area contributed by atoms with Crippen LogP contribution in [-0.4, -0.2) is 17.2 Å². The molecule has 0 amide bonds. The zero-order valence-corrected chi connectivity index (χ0v) is 12.4. The van der Waals surface area contributed by atoms with Crippen molar-refractivity contribution in [2.45, 2.75) is 6.54 Å². The van der Waals surface area contributed by atoms with E-state index in [0.29, 0.717) is 11.9 Å². The van der Waals surface area contributed by atoms with E-state index in [1.165, 1.54) is 0 Å². The van der Waals surface area contributed by atoms with Crippen LogP contribution in [0.5, 0.6) is 0 Å². The Bertz CT molecular complexity index is 786. The number of aromatic amines is 1. The molecule has 0 aliphatic heterocycles. The quantitative estimate of drug-likeness (QED) is 0.809. The summed E-state index contributed by atoms with van der Waals surface area (Å²) in [6.07, 6.45) is 0. The lowest BCUT2D eigenvalue weighted by atomic mass is 10.1. The number of H-pyrrole nitrogens is 1. The number of anilines is 1. The minimum atomic E-state index is -0.147. The van der Waals surface area contributed by atoms with Crippen LogP contribution in [-0.2, 0) is 6.54 Å². The van der Waals surface area contributed by atoms with Crippen molar-refractivity contribution >= 4 is 28.9 Å². The minimum absolute atomic E-state index is 0. The van der Waals surface area contributed by atoms with Gasteiger partial charge in [0.1, 0.15) is 0 Å². The topological polar surface area (TPSA) is 49.0 Å². The van der Waals surface area contributed by atoms with E-state index in [4.69, 9.17) is 0 Å². The van der Waals surface area contributed by atoms with Gasteiger partial charge in [0, 0.05) is 18.1 Å². The molecule has 2 aromatic carbocycles. The summed E-state index contributed by atoms with van der Waals surface area (Å²) in [7, 11) is 2.01. The van der Waals surface area contributed by atoms with Gasteiger partial charge in [-0.2, -0.15) is 5.10 Å². The van der Waals surface area contributed by atoms with Crippen LogP contribution in [0.1, 0.15) is 5.69 Å². The molecule has 3 aromatic rings. The maximum atomic E-state index is 11.8. The van der Waals surface area contributed by atoms with Gasteiger partial charge in [0.05, 0.1) is 17.6 Å². The van der Waals surface area contributed by atoms with Gasteiger partial charge in [-0.1, -0.05) is 36.4 Å². The van der Waals surface area contributed by atoms with E-state index in [0.717, 1.165) is 16.8 Å². The second-order valence-corrected chi connectivity index (χ2v) is 4.74. The van der Waals surface area contributed by atoms with Crippen LogP contribution in [0, 0.1) is 0 Å². The van der Waals surface area contributed by atoms with Gasteiger partial charge >= 0.3 is 0 Å². The number of hydrogen-bond acceptors (Lipinski definition) is 3. The smallest absolute Gasteiger partial charge is 0.272 e. The molecule has 5 heteroatoms. The fourth-order valence-electron chi connectivity index (χ4n) is 2.29. The van der Waals surface area contributed by atoms with Crippen molar-refractivity contribution < 1.29 is 0 Å². The highest BCUT2D eigenvalue weighted by molar-refractivity contribution is 5.85. The van der Waals surface area contributed by atoms with Crippen molar-refractivity contribution in [2.75, 3.05) is 11.9 Å². The average molecular weight is 302 g/mol. The number of rotatable bonds is 3. The lowest BCUT2D eigenvalue weighted by molar-refractivity contribution is 0.846. The van der Waals surface area contributed by atoms with E-state index in [1.54, 1.807) is 0 Å². The monoisotopic (exact) mass is 301 g/mol. The molecular formula is C16H16ClN3O. The molecule has 1 aromatic heterocycles. The molecule has 1 N–H and O–H groups in total. The summed E-state index contributed by atoms with van der Waals surface area (Å²) in [5, 5.41) is 8.34. The van der Waals surface area contributed by atoms with Gasteiger partial charge in [0.2, 0.25) is 0 Å². The molecule has 0 saturated heterocycles. The number of halogens is 1. The summed E-state index contributed by atoms with van der Waals surface area (Å²) in [5.74, 6) is 0. The van der Waals surface area contributed by atoms with E-state index in [9.17, 15) is 4.79 Å². The predicted molar refractivity (Wildman–Crippen MR) is 88.2 cm³/mol. The van der Waals surface area contributed by atoms with Gasteiger partial charge in [0.15, 0.2) is 0 Å². The highest BCUT2D eigenvalue weighted by atomic mass is 35.5. The van der Waals surface area contributed by atoms with Crippen molar-refractivity contribution in [3.8, 4) is 0 Å². The molecule has 0 aliphatic rings. The van der Waals surface area contributed by atoms with Gasteiger partial charge in [0.25, 0.3) is 5.56 Å². The lowest BCUT2D eigenvalue weighted by Gasteiger charge is -2.19. The van der Waals surface area contributed by atoms with Crippen LogP contribution in [0.4, 0.5) is 5.69 Å². The number of para-hydroxylation sites is 1. The summed E-state index contributed by atoms with van der Waals surface area (Å²) in [4.78, 5) is 13.9. The maximum Gasteiger partial charge on any atom is 0.272 e. The summed E-state index contributed by atoms with van der Waals surface area (Å²) in [6.45, 7) is 0.640. The normalized spacial score (nSPS) is 10.1. The van der Waals surface area contributed by atoms with E-state index >= 15 is 0 Å². The Morgan fingerprint density at radius 1 is 1.00 bits per heavy atom. The first kappa shape index (κ1) is 15.1. The van der Waals surface area contributed by atoms with Crippen LogP contribution >= 0.6 is 12.4 Å². The van der Waals surface area contributed by atoms with Gasteiger partial charge in [-0.05, 0) is 18.2 Å². The van der Waals surface area contributed by atoms with Crippen molar-refractivity contribution in [1.29, 1.82) is 0 Å². The molecule has 3 rings (SSSR count). The molecule has 21 heavy (non-hydrogen) atoms. The van der Waals surface area contributed by atoms with Gasteiger partial charge in [-0.25, -0.2) is 5.10 Å². The molecule has 1 heterocycles. The first-order valence-electron chi connectivity index (χ1n) is 6.48. The molecule has 0 atom stereocenters. The maximum absolute atomic E-state index is 11.8. The molecule has 0 spiro atoms. The fourth-order valence-corrected chi connectivity index (χ4v) is 2.29. The average Bonchev–Trinajstić information content (AvgIpc) is 2.51. The summed E-state index contributed by atoms with van der Waals surface area (Å²) < 4.78 is 0. The third-order valence-electron chi connectivity index (χ3n) is 3.36. The van der Waals surface area contributed by atoms with E-state index in [1.807, 2.05) is 61.6 Å². The number of nitrogens with zero attached hydrogens (tertiary/aromatic N) is 2. The van der Waals surface area contributed by atoms with Gasteiger partial charge in [-0.3, -0.25) is 4.79 Å². The third kappa shape index (κ3) is 3.06. The first-order chi connectivity index (χ1) is 9.75. The predicted octanol–water partition coefficient (Wildman–Crippen LogP) is 2.98. The Labute approximate surface area is 128 Å². The Morgan fingerprint density at radius 3 is 2.33 bits per heavy atom. The molecule has 0 bridgehead atoms. The molecule has 0 saturated carbocycles. The Balaban J connectivity index is 0.00000161. The summed E-state index contributed by atoms with van der Waals surface area (Å²) in [5.41, 5.74) is 1.84. The Hall–Kier alpha value is -2.33. The van der Waals surface area contributed by atoms with Gasteiger partial charge < -0.3 is 4.90 Å². The molecule has 0 unspecified atom stereocenters. The third-order valence-corrected chi connectivity index (χ3v) is 3.36. The number of benzene rings is 2. The van der Waals surface area contributed by atoms with E-state index < -0.39 is 0 Å². The molecule has 0 fully saturated rings. The molecule has 0 radical (unpaired) electrons. The number of hydrogen-bond donors (Lipinski definition) is 1. The van der Waals surface area contributed by atoms with Crippen LogP contribution < -0.4 is 10.5 Å². The van der Waals surface area contributed by atoms with Crippen molar-refractivity contribution in [3.05, 3.63) is 70.6 Å². The summed E-state index contributed by atoms with van der Waals surface area (Å²) >= 11 is 0. The Kier molecular flexibility index (Phi) is 4.60. The van der Waals surface area contributed by atoms with Crippen molar-refractivity contribution in [2.24, 2.45) is 0 Å². The second-order valence-electron chi connectivity index (χ2n) is 4.74. The zero-order chi connectivity index (χ0) is 13.9. The minimum Gasteiger partial charge on any atom is -0.369 e. The van der Waals surface area contributed by atoms with E-state index in [2.05, 4.69) is 15.1 Å². The molecule has 4 nitrogen and oxygen atoms in total. The van der Waals surface area contributed by atoms with Crippen LogP contribution in [0.2, 0.25) is 0 Å². The Morgan fingerprint density at radius 2 is 1.62 bits per heavy atom. The SMILES string of the molecule is CN(Cc1n[nH]c(=O)c2ccccc12)c1ccccc1.Cl. The van der Waals surface area contributed by atoms with Crippen LogP contribution in [0.15, 0.2) is 59.4 Å². The van der Waals surface area contributed by atoms with Crippen molar-refractivity contribution in [3.63, 3.8) is 0 Å². The number of fused-ring (bicyclic) bond motifs is 1. The van der Waals surface area contributed by atoms with Crippen molar-refractivity contribution in [1.82, 2.24) is 10.2 Å². The van der Waals surface area contributed by atoms with Crippen LogP contribution in [0.25, 0.3) is 10.8 Å². The zero-order valence-electron chi connectivity index (χ0n) is 11.6. The first-order valence-corrected chi connectivity index (χ1v) is 6.48. The highest BCUT2D eigenvalue weighted by Crippen LogP contribution is 2.17. The standard InChI is InChI=1S/C16H15N3O.ClH/c1-19(12-7-3-2-4-8-12)11-15-13-9-5-6-10-14(13)16(20)18-17-15;/h2-10H,11H2,1H3,(H,18,20);1H. The largest absolute Gasteiger partial charge is 0.369 e. The molecule has 108 valence electrons. The van der Waals surface area contributed by atoms with Crippen LogP contribution in [0.3, 0.4) is 0 Å². The lowest BCUT2D eigenvalue weighted by Crippen LogP contribution is -2.20. The molecule has 0 aliphatic carbocycles. The molecular weight excluding hydrogens is 286 g/mol.